The van der Waals surface area contributed by atoms with Gasteiger partial charge in [0, 0.05) is 19.3 Å². The Morgan fingerprint density at radius 1 is 0.297 bits per heavy atom. The SMILES string of the molecule is CCCCCCCCCCCC(=O)OC[C@@H](COC(=O)CCCCCCCCCCCCCCCCCCCCC(C)C)OC(=O)CCCCCCCCCCCCCCCC(C)C. The average Bonchev–Trinajstić information content (AvgIpc) is 3.27. The van der Waals surface area contributed by atoms with E-state index in [0.29, 0.717) is 19.3 Å². The van der Waals surface area contributed by atoms with E-state index in [0.717, 1.165) is 69.6 Å². The van der Waals surface area contributed by atoms with E-state index in [-0.39, 0.29) is 31.1 Å². The number of esters is 3. The molecule has 0 aromatic carbocycles. The van der Waals surface area contributed by atoms with Gasteiger partial charge in [-0.25, -0.2) is 0 Å². The second-order valence-corrected chi connectivity index (χ2v) is 20.9. The summed E-state index contributed by atoms with van der Waals surface area (Å²) >= 11 is 0. The average molecular weight is 906 g/mol. The molecule has 6 heteroatoms. The number of unbranched alkanes of at least 4 members (excludes halogenated alkanes) is 37. The van der Waals surface area contributed by atoms with Crippen molar-refractivity contribution in [3.05, 3.63) is 0 Å². The van der Waals surface area contributed by atoms with Crippen LogP contribution < -0.4 is 0 Å². The molecule has 0 aliphatic rings. The molecular formula is C58H112O6. The lowest BCUT2D eigenvalue weighted by Crippen LogP contribution is -2.30. The second-order valence-electron chi connectivity index (χ2n) is 20.9. The summed E-state index contributed by atoms with van der Waals surface area (Å²) in [6, 6.07) is 0. The van der Waals surface area contributed by atoms with Crippen LogP contribution in [-0.4, -0.2) is 37.2 Å². The molecule has 64 heavy (non-hydrogen) atoms. The van der Waals surface area contributed by atoms with E-state index in [1.54, 1.807) is 0 Å². The third kappa shape index (κ3) is 51.4. The summed E-state index contributed by atoms with van der Waals surface area (Å²) in [7, 11) is 0. The lowest BCUT2D eigenvalue weighted by molar-refractivity contribution is -0.167. The molecule has 0 N–H and O–H groups in total. The van der Waals surface area contributed by atoms with Gasteiger partial charge in [-0.1, -0.05) is 285 Å². The third-order valence-corrected chi connectivity index (χ3v) is 13.2. The van der Waals surface area contributed by atoms with Crippen molar-refractivity contribution in [2.24, 2.45) is 11.8 Å². The number of rotatable bonds is 52. The molecule has 0 bridgehead atoms. The van der Waals surface area contributed by atoms with Gasteiger partial charge in [-0.15, -0.1) is 0 Å². The van der Waals surface area contributed by atoms with Crippen LogP contribution in [0.4, 0.5) is 0 Å². The predicted molar refractivity (Wildman–Crippen MR) is 275 cm³/mol. The highest BCUT2D eigenvalue weighted by molar-refractivity contribution is 5.71. The maximum absolute atomic E-state index is 12.8. The van der Waals surface area contributed by atoms with Gasteiger partial charge in [0.15, 0.2) is 6.10 Å². The summed E-state index contributed by atoms with van der Waals surface area (Å²) in [5.41, 5.74) is 0. The van der Waals surface area contributed by atoms with Gasteiger partial charge in [0.2, 0.25) is 0 Å². The first kappa shape index (κ1) is 62.4. The molecule has 0 aliphatic heterocycles. The first-order chi connectivity index (χ1) is 31.2. The molecule has 380 valence electrons. The van der Waals surface area contributed by atoms with E-state index in [1.165, 1.54) is 212 Å². The van der Waals surface area contributed by atoms with E-state index in [1.807, 2.05) is 0 Å². The molecular weight excluding hydrogens is 793 g/mol. The Labute approximate surface area is 399 Å². The van der Waals surface area contributed by atoms with Crippen molar-refractivity contribution in [2.45, 2.75) is 330 Å². The zero-order chi connectivity index (χ0) is 46.8. The molecule has 0 saturated carbocycles. The minimum Gasteiger partial charge on any atom is -0.462 e. The zero-order valence-corrected chi connectivity index (χ0v) is 43.9. The molecule has 0 aromatic heterocycles. The monoisotopic (exact) mass is 905 g/mol. The van der Waals surface area contributed by atoms with Crippen LogP contribution in [0.25, 0.3) is 0 Å². The zero-order valence-electron chi connectivity index (χ0n) is 43.9. The van der Waals surface area contributed by atoms with Crippen LogP contribution >= 0.6 is 0 Å². The van der Waals surface area contributed by atoms with Crippen LogP contribution in [0.15, 0.2) is 0 Å². The Morgan fingerprint density at radius 3 is 0.766 bits per heavy atom. The fourth-order valence-electron chi connectivity index (χ4n) is 8.87. The Kier molecular flexibility index (Phi) is 49.6. The smallest absolute Gasteiger partial charge is 0.306 e. The Hall–Kier alpha value is -1.59. The predicted octanol–water partition coefficient (Wildman–Crippen LogP) is 18.9. The molecule has 0 aliphatic carbocycles. The van der Waals surface area contributed by atoms with Gasteiger partial charge < -0.3 is 14.2 Å². The first-order valence-corrected chi connectivity index (χ1v) is 28.7. The number of ether oxygens (including phenoxy) is 3. The summed E-state index contributed by atoms with van der Waals surface area (Å²) < 4.78 is 16.8. The molecule has 0 fully saturated rings. The van der Waals surface area contributed by atoms with Gasteiger partial charge in [-0.3, -0.25) is 14.4 Å². The number of carbonyl (C=O) groups excluding carboxylic acids is 3. The fraction of sp³-hybridized carbons (Fsp3) is 0.948. The van der Waals surface area contributed by atoms with Crippen molar-refractivity contribution in [1.29, 1.82) is 0 Å². The lowest BCUT2D eigenvalue weighted by Gasteiger charge is -2.18. The molecule has 0 saturated heterocycles. The molecule has 0 heterocycles. The maximum Gasteiger partial charge on any atom is 0.306 e. The summed E-state index contributed by atoms with van der Waals surface area (Å²) in [6.07, 6.45) is 53.9. The normalized spacial score (nSPS) is 12.0. The van der Waals surface area contributed by atoms with Gasteiger partial charge >= 0.3 is 17.9 Å². The molecule has 0 amide bonds. The highest BCUT2D eigenvalue weighted by Gasteiger charge is 2.19. The molecule has 0 radical (unpaired) electrons. The third-order valence-electron chi connectivity index (χ3n) is 13.2. The van der Waals surface area contributed by atoms with Crippen LogP contribution in [0.3, 0.4) is 0 Å². The second kappa shape index (κ2) is 50.8. The van der Waals surface area contributed by atoms with E-state index in [9.17, 15) is 14.4 Å². The van der Waals surface area contributed by atoms with Crippen molar-refractivity contribution in [3.63, 3.8) is 0 Å². The van der Waals surface area contributed by atoms with E-state index < -0.39 is 6.10 Å². The van der Waals surface area contributed by atoms with Crippen LogP contribution in [-0.2, 0) is 28.6 Å². The molecule has 6 nitrogen and oxygen atoms in total. The van der Waals surface area contributed by atoms with Crippen LogP contribution in [0, 0.1) is 11.8 Å². The lowest BCUT2D eigenvalue weighted by atomic mass is 10.0. The number of carbonyl (C=O) groups is 3. The van der Waals surface area contributed by atoms with Gasteiger partial charge in [-0.05, 0) is 31.1 Å². The topological polar surface area (TPSA) is 78.9 Å². The number of hydrogen-bond donors (Lipinski definition) is 0. The largest absolute Gasteiger partial charge is 0.462 e. The molecule has 0 rings (SSSR count). The number of hydrogen-bond acceptors (Lipinski definition) is 6. The van der Waals surface area contributed by atoms with Gasteiger partial charge in [0.1, 0.15) is 13.2 Å². The van der Waals surface area contributed by atoms with Crippen molar-refractivity contribution < 1.29 is 28.6 Å². The maximum atomic E-state index is 12.8. The quantitative estimate of drug-likeness (QED) is 0.0344. The highest BCUT2D eigenvalue weighted by Crippen LogP contribution is 2.18. The summed E-state index contributed by atoms with van der Waals surface area (Å²) in [6.45, 7) is 11.4. The fourth-order valence-corrected chi connectivity index (χ4v) is 8.87. The molecule has 0 unspecified atom stereocenters. The van der Waals surface area contributed by atoms with Gasteiger partial charge in [-0.2, -0.15) is 0 Å². The van der Waals surface area contributed by atoms with Crippen LogP contribution in [0.5, 0.6) is 0 Å². The summed E-state index contributed by atoms with van der Waals surface area (Å²) in [5, 5.41) is 0. The van der Waals surface area contributed by atoms with Crippen molar-refractivity contribution >= 4 is 17.9 Å². The van der Waals surface area contributed by atoms with Gasteiger partial charge in [0.25, 0.3) is 0 Å². The highest BCUT2D eigenvalue weighted by atomic mass is 16.6. The van der Waals surface area contributed by atoms with Crippen molar-refractivity contribution in [3.8, 4) is 0 Å². The minimum absolute atomic E-state index is 0.0628. The van der Waals surface area contributed by atoms with Crippen LogP contribution in [0.2, 0.25) is 0 Å². The van der Waals surface area contributed by atoms with E-state index >= 15 is 0 Å². The van der Waals surface area contributed by atoms with E-state index in [4.69, 9.17) is 14.2 Å². The van der Waals surface area contributed by atoms with E-state index in [2.05, 4.69) is 34.6 Å². The molecule has 0 aromatic rings. The summed E-state index contributed by atoms with van der Waals surface area (Å²) in [4.78, 5) is 38.0. The summed E-state index contributed by atoms with van der Waals surface area (Å²) in [5.74, 6) is 0.854. The Balaban J connectivity index is 4.18. The molecule has 1 atom stereocenters. The van der Waals surface area contributed by atoms with Crippen molar-refractivity contribution in [2.75, 3.05) is 13.2 Å². The Morgan fingerprint density at radius 2 is 0.516 bits per heavy atom. The van der Waals surface area contributed by atoms with Gasteiger partial charge in [0.05, 0.1) is 0 Å². The first-order valence-electron chi connectivity index (χ1n) is 28.7. The van der Waals surface area contributed by atoms with Crippen LogP contribution in [0.1, 0.15) is 324 Å². The minimum atomic E-state index is -0.761. The standard InChI is InChI=1S/C58H112O6/c1-6-7-8-9-10-26-33-38-43-48-56(59)62-51-55(64-58(61)50-45-40-35-30-25-21-17-19-23-28-32-37-42-47-54(4)5)52-63-57(60)49-44-39-34-29-24-20-16-14-12-11-13-15-18-22-27-31-36-41-46-53(2)3/h53-55H,6-52H2,1-5H3/t55-/m0/s1. The van der Waals surface area contributed by atoms with Crippen molar-refractivity contribution in [1.82, 2.24) is 0 Å². The Bertz CT molecular complexity index is 978. The molecule has 0 spiro atoms.